The summed E-state index contributed by atoms with van der Waals surface area (Å²) in [5, 5.41) is 2.11. The van der Waals surface area contributed by atoms with Crippen LogP contribution in [0.1, 0.15) is 18.9 Å². The van der Waals surface area contributed by atoms with Gasteiger partial charge in [0.25, 0.3) is 0 Å². The lowest BCUT2D eigenvalue weighted by atomic mass is 10.1. The van der Waals surface area contributed by atoms with E-state index in [1.54, 1.807) is 6.20 Å². The zero-order valence-electron chi connectivity index (χ0n) is 12.2. The van der Waals surface area contributed by atoms with Crippen molar-refractivity contribution in [2.45, 2.75) is 25.1 Å². The maximum Gasteiger partial charge on any atom is 0.154 e. The lowest BCUT2D eigenvalue weighted by Gasteiger charge is -2.20. The Hall–Kier alpha value is -1.46. The van der Waals surface area contributed by atoms with Crippen molar-refractivity contribution in [3.63, 3.8) is 0 Å². The van der Waals surface area contributed by atoms with Crippen LogP contribution < -0.4 is 0 Å². The fourth-order valence-corrected chi connectivity index (χ4v) is 4.22. The second-order valence-corrected chi connectivity index (χ2v) is 8.30. The van der Waals surface area contributed by atoms with Crippen molar-refractivity contribution in [1.82, 2.24) is 9.88 Å². The van der Waals surface area contributed by atoms with Crippen LogP contribution in [0.3, 0.4) is 0 Å². The van der Waals surface area contributed by atoms with Gasteiger partial charge in [-0.1, -0.05) is 18.2 Å². The molecule has 21 heavy (non-hydrogen) atoms. The molecule has 1 aromatic heterocycles. The Morgan fingerprint density at radius 3 is 3.00 bits per heavy atom. The summed E-state index contributed by atoms with van der Waals surface area (Å²) in [5.74, 6) is 0.264. The number of hydrogen-bond acceptors (Lipinski definition) is 4. The van der Waals surface area contributed by atoms with E-state index in [1.165, 1.54) is 10.9 Å². The van der Waals surface area contributed by atoms with Gasteiger partial charge in [-0.25, -0.2) is 8.42 Å². The van der Waals surface area contributed by atoms with Gasteiger partial charge >= 0.3 is 0 Å². The molecule has 1 aromatic carbocycles. The van der Waals surface area contributed by atoms with Crippen molar-refractivity contribution in [3.05, 3.63) is 42.2 Å². The Bertz CT molecular complexity index is 738. The van der Waals surface area contributed by atoms with Gasteiger partial charge in [-0.2, -0.15) is 0 Å². The molecule has 1 unspecified atom stereocenters. The number of nitrogens with zero attached hydrogens (tertiary/aromatic N) is 2. The Kier molecular flexibility index (Phi) is 3.95. The van der Waals surface area contributed by atoms with Gasteiger partial charge in [0.2, 0.25) is 0 Å². The van der Waals surface area contributed by atoms with Gasteiger partial charge in [-0.3, -0.25) is 9.88 Å². The van der Waals surface area contributed by atoms with Gasteiger partial charge in [0.1, 0.15) is 0 Å². The standard InChI is InChI=1S/C16H20N2O2S/c1-13-6-8-18(9-10-21(13,19)20)12-15-4-2-3-14-11-17-7-5-16(14)15/h2-5,7,11,13H,6,8-10,12H2,1H3. The molecule has 3 rings (SSSR count). The fourth-order valence-electron chi connectivity index (χ4n) is 2.84. The van der Waals surface area contributed by atoms with Gasteiger partial charge < -0.3 is 0 Å². The number of sulfone groups is 1. The molecule has 0 saturated carbocycles. The third kappa shape index (κ3) is 3.09. The molecule has 0 N–H and O–H groups in total. The highest BCUT2D eigenvalue weighted by Crippen LogP contribution is 2.21. The predicted molar refractivity (Wildman–Crippen MR) is 84.9 cm³/mol. The van der Waals surface area contributed by atoms with E-state index in [9.17, 15) is 8.42 Å². The van der Waals surface area contributed by atoms with Crippen molar-refractivity contribution < 1.29 is 8.42 Å². The van der Waals surface area contributed by atoms with E-state index in [-0.39, 0.29) is 11.0 Å². The first-order valence-corrected chi connectivity index (χ1v) is 9.03. The molecular weight excluding hydrogens is 284 g/mol. The smallest absolute Gasteiger partial charge is 0.154 e. The van der Waals surface area contributed by atoms with Crippen LogP contribution in [0.2, 0.25) is 0 Å². The van der Waals surface area contributed by atoms with E-state index in [1.807, 2.05) is 25.3 Å². The summed E-state index contributed by atoms with van der Waals surface area (Å²) in [6.45, 7) is 4.07. The summed E-state index contributed by atoms with van der Waals surface area (Å²) in [5.41, 5.74) is 1.24. The van der Waals surface area contributed by atoms with E-state index in [2.05, 4.69) is 22.0 Å². The van der Waals surface area contributed by atoms with Crippen molar-refractivity contribution in [2.75, 3.05) is 18.8 Å². The van der Waals surface area contributed by atoms with Crippen molar-refractivity contribution in [3.8, 4) is 0 Å². The molecule has 0 aliphatic carbocycles. The molecule has 2 heterocycles. The number of pyridine rings is 1. The van der Waals surface area contributed by atoms with Crippen LogP contribution in [0.25, 0.3) is 10.8 Å². The first-order chi connectivity index (χ1) is 10.1. The number of benzene rings is 1. The van der Waals surface area contributed by atoms with Gasteiger partial charge in [-0.05, 0) is 36.9 Å². The van der Waals surface area contributed by atoms with Gasteiger partial charge in [0, 0.05) is 30.9 Å². The summed E-state index contributed by atoms with van der Waals surface area (Å²) in [4.78, 5) is 6.40. The third-order valence-electron chi connectivity index (χ3n) is 4.32. The summed E-state index contributed by atoms with van der Waals surface area (Å²) in [6.07, 6.45) is 4.39. The Morgan fingerprint density at radius 2 is 2.14 bits per heavy atom. The molecule has 112 valence electrons. The highest BCUT2D eigenvalue weighted by molar-refractivity contribution is 7.92. The number of aromatic nitrogens is 1. The van der Waals surface area contributed by atoms with E-state index in [0.717, 1.165) is 18.5 Å². The number of hydrogen-bond donors (Lipinski definition) is 0. The van der Waals surface area contributed by atoms with E-state index < -0.39 is 9.84 Å². The molecule has 4 nitrogen and oxygen atoms in total. The second kappa shape index (κ2) is 5.73. The zero-order chi connectivity index (χ0) is 14.9. The van der Waals surface area contributed by atoms with Crippen molar-refractivity contribution in [1.29, 1.82) is 0 Å². The van der Waals surface area contributed by atoms with Crippen molar-refractivity contribution in [2.24, 2.45) is 0 Å². The van der Waals surface area contributed by atoms with E-state index in [4.69, 9.17) is 0 Å². The summed E-state index contributed by atoms with van der Waals surface area (Å²) < 4.78 is 24.0. The summed E-state index contributed by atoms with van der Waals surface area (Å²) in [6, 6.07) is 8.24. The fraction of sp³-hybridized carbons (Fsp3) is 0.438. The molecule has 1 atom stereocenters. The Labute approximate surface area is 125 Å². The maximum atomic E-state index is 12.0. The topological polar surface area (TPSA) is 50.3 Å². The lowest BCUT2D eigenvalue weighted by Crippen LogP contribution is -2.26. The molecule has 0 radical (unpaired) electrons. The van der Waals surface area contributed by atoms with Crippen LogP contribution in [0.4, 0.5) is 0 Å². The minimum atomic E-state index is -2.92. The van der Waals surface area contributed by atoms with Crippen LogP contribution in [0, 0.1) is 0 Å². The third-order valence-corrected chi connectivity index (χ3v) is 6.54. The minimum Gasteiger partial charge on any atom is -0.298 e. The Morgan fingerprint density at radius 1 is 1.29 bits per heavy atom. The molecule has 1 aliphatic heterocycles. The van der Waals surface area contributed by atoms with Crippen LogP contribution in [0.15, 0.2) is 36.7 Å². The minimum absolute atomic E-state index is 0.223. The van der Waals surface area contributed by atoms with Crippen LogP contribution >= 0.6 is 0 Å². The zero-order valence-corrected chi connectivity index (χ0v) is 13.0. The highest BCUT2D eigenvalue weighted by Gasteiger charge is 2.26. The van der Waals surface area contributed by atoms with Crippen LogP contribution in [-0.4, -0.2) is 42.4 Å². The molecule has 1 fully saturated rings. The summed E-state index contributed by atoms with van der Waals surface area (Å²) in [7, 11) is -2.92. The first kappa shape index (κ1) is 14.5. The van der Waals surface area contributed by atoms with Gasteiger partial charge in [0.15, 0.2) is 9.84 Å². The average molecular weight is 304 g/mol. The van der Waals surface area contributed by atoms with Crippen LogP contribution in [0.5, 0.6) is 0 Å². The first-order valence-electron chi connectivity index (χ1n) is 7.32. The highest BCUT2D eigenvalue weighted by atomic mass is 32.2. The SMILES string of the molecule is CC1CCN(Cc2cccc3cnccc23)CCS1(=O)=O. The molecule has 0 bridgehead atoms. The molecular formula is C16H20N2O2S. The van der Waals surface area contributed by atoms with Crippen LogP contribution in [-0.2, 0) is 16.4 Å². The second-order valence-electron chi connectivity index (χ2n) is 5.76. The Balaban J connectivity index is 1.83. The molecule has 1 saturated heterocycles. The summed E-state index contributed by atoms with van der Waals surface area (Å²) >= 11 is 0. The quantitative estimate of drug-likeness (QED) is 0.854. The predicted octanol–water partition coefficient (Wildman–Crippen LogP) is 2.24. The van der Waals surface area contributed by atoms with Gasteiger partial charge in [0.05, 0.1) is 11.0 Å². The van der Waals surface area contributed by atoms with E-state index >= 15 is 0 Å². The normalized spacial score (nSPS) is 23.0. The van der Waals surface area contributed by atoms with Crippen molar-refractivity contribution >= 4 is 20.6 Å². The molecule has 0 amide bonds. The number of rotatable bonds is 2. The van der Waals surface area contributed by atoms with E-state index in [0.29, 0.717) is 13.0 Å². The van der Waals surface area contributed by atoms with Gasteiger partial charge in [-0.15, -0.1) is 0 Å². The monoisotopic (exact) mass is 304 g/mol. The average Bonchev–Trinajstić information content (AvgIpc) is 2.61. The molecule has 2 aromatic rings. The number of fused-ring (bicyclic) bond motifs is 1. The lowest BCUT2D eigenvalue weighted by molar-refractivity contribution is 0.284. The molecule has 0 spiro atoms. The maximum absolute atomic E-state index is 12.0. The molecule has 5 heteroatoms. The largest absolute Gasteiger partial charge is 0.298 e. The molecule has 1 aliphatic rings.